The molecule has 1 amide bonds. The fourth-order valence-electron chi connectivity index (χ4n) is 3.58. The van der Waals surface area contributed by atoms with Crippen LogP contribution >= 0.6 is 0 Å². The Morgan fingerprint density at radius 2 is 1.91 bits per heavy atom. The number of carbonyl (C=O) groups excluding carboxylic acids is 2. The van der Waals surface area contributed by atoms with E-state index >= 15 is 0 Å². The first-order valence-corrected chi connectivity index (χ1v) is 11.2. The van der Waals surface area contributed by atoms with Crippen LogP contribution in [0.3, 0.4) is 0 Å². The Morgan fingerprint density at radius 1 is 1.15 bits per heavy atom. The molecule has 0 saturated heterocycles. The van der Waals surface area contributed by atoms with Crippen LogP contribution < -0.4 is 14.8 Å². The molecule has 0 saturated carbocycles. The SMILES string of the molecule is CCCNC(=O)C(C)OC(=O)c1cc(-c2ccc3c(c2)OCCO3)nc2c1cnn2C(C)C. The van der Waals surface area contributed by atoms with Gasteiger partial charge in [0.15, 0.2) is 23.3 Å². The maximum absolute atomic E-state index is 13.1. The van der Waals surface area contributed by atoms with Gasteiger partial charge in [-0.1, -0.05) is 6.92 Å². The van der Waals surface area contributed by atoms with Crippen molar-refractivity contribution in [1.29, 1.82) is 0 Å². The number of aromatic nitrogens is 3. The summed E-state index contributed by atoms with van der Waals surface area (Å²) in [7, 11) is 0. The molecule has 0 fully saturated rings. The Hall–Kier alpha value is -3.62. The number of amides is 1. The minimum atomic E-state index is -0.926. The van der Waals surface area contributed by atoms with Crippen molar-refractivity contribution in [2.45, 2.75) is 46.3 Å². The summed E-state index contributed by atoms with van der Waals surface area (Å²) in [5.74, 6) is 0.359. The molecule has 3 aromatic rings. The maximum Gasteiger partial charge on any atom is 0.339 e. The molecule has 4 rings (SSSR count). The molecule has 0 spiro atoms. The van der Waals surface area contributed by atoms with Crippen LogP contribution in [0, 0.1) is 0 Å². The maximum atomic E-state index is 13.1. The lowest BCUT2D eigenvalue weighted by Gasteiger charge is -2.19. The smallest absolute Gasteiger partial charge is 0.339 e. The van der Waals surface area contributed by atoms with E-state index in [0.717, 1.165) is 12.0 Å². The zero-order valence-corrected chi connectivity index (χ0v) is 19.3. The molecule has 1 aliphatic rings. The highest BCUT2D eigenvalue weighted by atomic mass is 16.6. The molecule has 174 valence electrons. The second-order valence-electron chi connectivity index (χ2n) is 8.17. The van der Waals surface area contributed by atoms with Crippen LogP contribution in [0.4, 0.5) is 0 Å². The van der Waals surface area contributed by atoms with E-state index in [1.807, 2.05) is 39.0 Å². The lowest BCUT2D eigenvalue weighted by Crippen LogP contribution is -2.36. The van der Waals surface area contributed by atoms with Crippen LogP contribution in [-0.4, -0.2) is 52.5 Å². The van der Waals surface area contributed by atoms with Crippen molar-refractivity contribution in [2.24, 2.45) is 0 Å². The molecule has 0 aliphatic carbocycles. The molecule has 9 heteroatoms. The van der Waals surface area contributed by atoms with Crippen LogP contribution in [0.5, 0.6) is 11.5 Å². The highest BCUT2D eigenvalue weighted by molar-refractivity contribution is 6.04. The van der Waals surface area contributed by atoms with E-state index in [9.17, 15) is 9.59 Å². The first-order chi connectivity index (χ1) is 15.9. The lowest BCUT2D eigenvalue weighted by molar-refractivity contribution is -0.129. The first kappa shape index (κ1) is 22.6. The van der Waals surface area contributed by atoms with Gasteiger partial charge >= 0.3 is 5.97 Å². The summed E-state index contributed by atoms with van der Waals surface area (Å²) in [6.07, 6.45) is 1.48. The molecule has 0 bridgehead atoms. The first-order valence-electron chi connectivity index (χ1n) is 11.2. The van der Waals surface area contributed by atoms with Gasteiger partial charge in [0, 0.05) is 18.2 Å². The average molecular weight is 453 g/mol. The van der Waals surface area contributed by atoms with Crippen molar-refractivity contribution >= 4 is 22.9 Å². The van der Waals surface area contributed by atoms with Crippen LogP contribution in [0.15, 0.2) is 30.5 Å². The number of esters is 1. The van der Waals surface area contributed by atoms with Gasteiger partial charge < -0.3 is 19.5 Å². The number of carbonyl (C=O) groups is 2. The number of hydrogen-bond acceptors (Lipinski definition) is 7. The fourth-order valence-corrected chi connectivity index (χ4v) is 3.58. The number of rotatable bonds is 7. The van der Waals surface area contributed by atoms with Crippen LogP contribution in [0.1, 0.15) is 50.5 Å². The van der Waals surface area contributed by atoms with Gasteiger partial charge in [0.05, 0.1) is 22.8 Å². The standard InChI is InChI=1S/C24H28N4O5/c1-5-8-25-23(29)15(4)33-24(30)17-12-19(27-22-18(17)13-26-28(22)14(2)3)16-6-7-20-21(11-16)32-10-9-31-20/h6-7,11-15H,5,8-10H2,1-4H3,(H,25,29). The van der Waals surface area contributed by atoms with E-state index in [0.29, 0.717) is 53.5 Å². The average Bonchev–Trinajstić information content (AvgIpc) is 3.25. The highest BCUT2D eigenvalue weighted by Crippen LogP contribution is 2.35. The van der Waals surface area contributed by atoms with E-state index in [4.69, 9.17) is 19.2 Å². The predicted molar refractivity (Wildman–Crippen MR) is 123 cm³/mol. The number of pyridine rings is 1. The normalized spacial score (nSPS) is 13.7. The van der Waals surface area contributed by atoms with Gasteiger partial charge in [0.2, 0.25) is 0 Å². The summed E-state index contributed by atoms with van der Waals surface area (Å²) in [5.41, 5.74) is 2.19. The van der Waals surface area contributed by atoms with Gasteiger partial charge in [-0.15, -0.1) is 0 Å². The third kappa shape index (κ3) is 4.62. The zero-order valence-electron chi connectivity index (χ0n) is 19.3. The molecule has 1 aromatic carbocycles. The molecule has 1 atom stereocenters. The van der Waals surface area contributed by atoms with Crippen molar-refractivity contribution in [1.82, 2.24) is 20.1 Å². The molecule has 2 aromatic heterocycles. The van der Waals surface area contributed by atoms with E-state index in [2.05, 4.69) is 10.4 Å². The molecule has 3 heterocycles. The quantitative estimate of drug-likeness (QED) is 0.547. The third-order valence-electron chi connectivity index (χ3n) is 5.32. The molecule has 33 heavy (non-hydrogen) atoms. The van der Waals surface area contributed by atoms with Crippen LogP contribution in [0.25, 0.3) is 22.3 Å². The minimum absolute atomic E-state index is 0.0353. The summed E-state index contributed by atoms with van der Waals surface area (Å²) < 4.78 is 18.6. The Bertz CT molecular complexity index is 1190. The Morgan fingerprint density at radius 3 is 2.64 bits per heavy atom. The number of benzene rings is 1. The van der Waals surface area contributed by atoms with E-state index < -0.39 is 12.1 Å². The number of nitrogens with one attached hydrogen (secondary N) is 1. The number of hydrogen-bond donors (Lipinski definition) is 1. The van der Waals surface area contributed by atoms with Gasteiger partial charge in [0.1, 0.15) is 13.2 Å². The minimum Gasteiger partial charge on any atom is -0.486 e. The third-order valence-corrected chi connectivity index (χ3v) is 5.32. The van der Waals surface area contributed by atoms with Gasteiger partial charge in [-0.25, -0.2) is 14.5 Å². The summed E-state index contributed by atoms with van der Waals surface area (Å²) in [6, 6.07) is 7.24. The number of ether oxygens (including phenoxy) is 3. The molecule has 9 nitrogen and oxygen atoms in total. The lowest BCUT2D eigenvalue weighted by atomic mass is 10.1. The zero-order chi connectivity index (χ0) is 23.5. The molecular formula is C24H28N4O5. The van der Waals surface area contributed by atoms with Crippen molar-refractivity contribution < 1.29 is 23.8 Å². The Labute approximate surface area is 192 Å². The van der Waals surface area contributed by atoms with Gasteiger partial charge in [-0.2, -0.15) is 5.10 Å². The van der Waals surface area contributed by atoms with Gasteiger partial charge in [0.25, 0.3) is 5.91 Å². The van der Waals surface area contributed by atoms with Crippen LogP contribution in [0.2, 0.25) is 0 Å². The van der Waals surface area contributed by atoms with E-state index in [1.165, 1.54) is 0 Å². The van der Waals surface area contributed by atoms with Crippen molar-refractivity contribution in [3.63, 3.8) is 0 Å². The fraction of sp³-hybridized carbons (Fsp3) is 0.417. The summed E-state index contributed by atoms with van der Waals surface area (Å²) in [4.78, 5) is 30.1. The molecule has 1 aliphatic heterocycles. The van der Waals surface area contributed by atoms with Crippen molar-refractivity contribution in [3.05, 3.63) is 36.0 Å². The molecular weight excluding hydrogens is 424 g/mol. The number of fused-ring (bicyclic) bond motifs is 2. The largest absolute Gasteiger partial charge is 0.486 e. The van der Waals surface area contributed by atoms with Crippen LogP contribution in [-0.2, 0) is 9.53 Å². The summed E-state index contributed by atoms with van der Waals surface area (Å²) in [6.45, 7) is 8.99. The topological polar surface area (TPSA) is 105 Å². The summed E-state index contributed by atoms with van der Waals surface area (Å²) in [5, 5.41) is 7.73. The summed E-state index contributed by atoms with van der Waals surface area (Å²) >= 11 is 0. The second-order valence-corrected chi connectivity index (χ2v) is 8.17. The highest BCUT2D eigenvalue weighted by Gasteiger charge is 2.24. The van der Waals surface area contributed by atoms with E-state index in [1.54, 1.807) is 23.9 Å². The second kappa shape index (κ2) is 9.48. The van der Waals surface area contributed by atoms with Crippen molar-refractivity contribution in [2.75, 3.05) is 19.8 Å². The van der Waals surface area contributed by atoms with Gasteiger partial charge in [-0.3, -0.25) is 4.79 Å². The Kier molecular flexibility index (Phi) is 6.48. The molecule has 1 N–H and O–H groups in total. The number of nitrogens with zero attached hydrogens (tertiary/aromatic N) is 3. The predicted octanol–water partition coefficient (Wildman–Crippen LogP) is 3.52. The molecule has 0 radical (unpaired) electrons. The van der Waals surface area contributed by atoms with Gasteiger partial charge in [-0.05, 0) is 51.5 Å². The molecule has 1 unspecified atom stereocenters. The van der Waals surface area contributed by atoms with E-state index in [-0.39, 0.29) is 11.9 Å². The monoisotopic (exact) mass is 452 g/mol. The van der Waals surface area contributed by atoms with Crippen molar-refractivity contribution in [3.8, 4) is 22.8 Å². The Balaban J connectivity index is 1.74.